The summed E-state index contributed by atoms with van der Waals surface area (Å²) in [6.07, 6.45) is -0.0968. The van der Waals surface area contributed by atoms with Gasteiger partial charge in [-0.2, -0.15) is 0 Å². The fourth-order valence-electron chi connectivity index (χ4n) is 2.06. The van der Waals surface area contributed by atoms with Crippen molar-refractivity contribution in [1.82, 2.24) is 0 Å². The van der Waals surface area contributed by atoms with E-state index in [1.807, 2.05) is 0 Å². The molecule has 0 aliphatic rings. The average Bonchev–Trinajstić information content (AvgIpc) is 2.45. The molecule has 6 nitrogen and oxygen atoms in total. The van der Waals surface area contributed by atoms with Crippen molar-refractivity contribution in [3.63, 3.8) is 0 Å². The van der Waals surface area contributed by atoms with E-state index in [9.17, 15) is 30.6 Å². The summed E-state index contributed by atoms with van der Waals surface area (Å²) in [5.74, 6) is -2.18. The number of hydrogen-bond donors (Lipinski definition) is 6. The Labute approximate surface area is 120 Å². The number of rotatable bonds is 2. The van der Waals surface area contributed by atoms with Crippen LogP contribution in [-0.2, 0) is 6.42 Å². The lowest BCUT2D eigenvalue weighted by Crippen LogP contribution is -1.93. The van der Waals surface area contributed by atoms with Crippen LogP contribution in [0.5, 0.6) is 34.5 Å². The minimum atomic E-state index is -0.454. The van der Waals surface area contributed by atoms with Crippen LogP contribution in [-0.4, -0.2) is 30.6 Å². The van der Waals surface area contributed by atoms with E-state index in [1.54, 1.807) is 0 Å². The van der Waals surface area contributed by atoms with Gasteiger partial charge in [0.15, 0.2) is 23.0 Å². The molecule has 0 unspecified atom stereocenters. The maximum atomic E-state index is 9.88. The minimum Gasteiger partial charge on any atom is -0.508 e. The highest BCUT2D eigenvalue weighted by atomic mass is 16.3. The summed E-state index contributed by atoms with van der Waals surface area (Å²) in [6.45, 7) is 2.88. The van der Waals surface area contributed by atoms with E-state index in [1.165, 1.54) is 26.0 Å². The summed E-state index contributed by atoms with van der Waals surface area (Å²) in [5.41, 5.74) is 0.562. The molecule has 0 saturated heterocycles. The van der Waals surface area contributed by atoms with E-state index in [-0.39, 0.29) is 40.2 Å². The zero-order valence-electron chi connectivity index (χ0n) is 11.5. The van der Waals surface area contributed by atoms with Crippen LogP contribution in [0.4, 0.5) is 0 Å². The van der Waals surface area contributed by atoms with Gasteiger partial charge in [-0.3, -0.25) is 0 Å². The van der Waals surface area contributed by atoms with E-state index < -0.39 is 23.0 Å². The monoisotopic (exact) mass is 292 g/mol. The molecule has 2 aromatic carbocycles. The molecule has 6 heteroatoms. The average molecular weight is 292 g/mol. The Kier molecular flexibility index (Phi) is 3.47. The van der Waals surface area contributed by atoms with Gasteiger partial charge < -0.3 is 30.6 Å². The second-order valence-corrected chi connectivity index (χ2v) is 4.93. The van der Waals surface area contributed by atoms with Crippen LogP contribution in [0.2, 0.25) is 0 Å². The topological polar surface area (TPSA) is 121 Å². The summed E-state index contributed by atoms with van der Waals surface area (Å²) in [7, 11) is 0. The lowest BCUT2D eigenvalue weighted by molar-refractivity contribution is 0.384. The maximum Gasteiger partial charge on any atom is 0.164 e. The van der Waals surface area contributed by atoms with Crippen LogP contribution in [0.25, 0.3) is 0 Å². The first-order valence-electron chi connectivity index (χ1n) is 6.20. The molecular weight excluding hydrogens is 276 g/mol. The molecule has 0 saturated carbocycles. The first-order chi connectivity index (χ1) is 9.73. The van der Waals surface area contributed by atoms with E-state index >= 15 is 0 Å². The molecule has 0 aliphatic heterocycles. The SMILES string of the molecule is Cc1c(O)cc(Cc2cc(O)c(C)c(O)c2O)c(O)c1O. The van der Waals surface area contributed by atoms with Gasteiger partial charge in [-0.1, -0.05) is 0 Å². The predicted molar refractivity (Wildman–Crippen MR) is 75.2 cm³/mol. The third-order valence-corrected chi connectivity index (χ3v) is 3.54. The van der Waals surface area contributed by atoms with Crippen molar-refractivity contribution < 1.29 is 30.6 Å². The third-order valence-electron chi connectivity index (χ3n) is 3.54. The molecule has 2 aromatic rings. The van der Waals surface area contributed by atoms with Crippen LogP contribution >= 0.6 is 0 Å². The zero-order valence-corrected chi connectivity index (χ0v) is 11.5. The standard InChI is InChI=1S/C15H16O6/c1-6-10(16)4-8(14(20)12(6)18)3-9-5-11(17)7(2)13(19)15(9)21/h4-5,16-21H,3H2,1-2H3. The van der Waals surface area contributed by atoms with Crippen LogP contribution in [0.1, 0.15) is 22.3 Å². The molecule has 6 N–H and O–H groups in total. The smallest absolute Gasteiger partial charge is 0.164 e. The Bertz CT molecular complexity index is 660. The van der Waals surface area contributed by atoms with Gasteiger partial charge in [-0.05, 0) is 26.0 Å². The van der Waals surface area contributed by atoms with Gasteiger partial charge in [0.2, 0.25) is 0 Å². The van der Waals surface area contributed by atoms with Gasteiger partial charge >= 0.3 is 0 Å². The number of benzene rings is 2. The Morgan fingerprint density at radius 1 is 0.619 bits per heavy atom. The van der Waals surface area contributed by atoms with Crippen molar-refractivity contribution in [2.75, 3.05) is 0 Å². The largest absolute Gasteiger partial charge is 0.508 e. The maximum absolute atomic E-state index is 9.88. The molecule has 0 heterocycles. The van der Waals surface area contributed by atoms with Gasteiger partial charge in [-0.15, -0.1) is 0 Å². The molecule has 0 spiro atoms. The van der Waals surface area contributed by atoms with Crippen LogP contribution in [0, 0.1) is 13.8 Å². The molecule has 0 fully saturated rings. The lowest BCUT2D eigenvalue weighted by Gasteiger charge is -2.13. The highest BCUT2D eigenvalue weighted by Gasteiger charge is 2.18. The van der Waals surface area contributed by atoms with Crippen molar-refractivity contribution in [3.05, 3.63) is 34.4 Å². The molecule has 21 heavy (non-hydrogen) atoms. The molecule has 112 valence electrons. The summed E-state index contributed by atoms with van der Waals surface area (Å²) in [4.78, 5) is 0. The second kappa shape index (κ2) is 4.97. The minimum absolute atomic E-state index is 0.0968. The molecule has 0 radical (unpaired) electrons. The second-order valence-electron chi connectivity index (χ2n) is 4.93. The van der Waals surface area contributed by atoms with Crippen molar-refractivity contribution in [2.45, 2.75) is 20.3 Å². The first kappa shape index (κ1) is 14.6. The fourth-order valence-corrected chi connectivity index (χ4v) is 2.06. The van der Waals surface area contributed by atoms with Gasteiger partial charge in [0.25, 0.3) is 0 Å². The summed E-state index contributed by atoms with van der Waals surface area (Å²) >= 11 is 0. The van der Waals surface area contributed by atoms with E-state index in [4.69, 9.17) is 0 Å². The molecule has 0 amide bonds. The van der Waals surface area contributed by atoms with Crippen molar-refractivity contribution >= 4 is 0 Å². The number of phenols is 6. The molecule has 0 aromatic heterocycles. The quantitative estimate of drug-likeness (QED) is 0.372. The number of aromatic hydroxyl groups is 6. The Morgan fingerprint density at radius 2 is 0.952 bits per heavy atom. The van der Waals surface area contributed by atoms with Gasteiger partial charge in [0.05, 0.1) is 0 Å². The molecule has 0 bridgehead atoms. The number of phenolic OH excluding ortho intramolecular Hbond substituents is 6. The highest BCUT2D eigenvalue weighted by molar-refractivity contribution is 5.60. The molecule has 0 aliphatic carbocycles. The van der Waals surface area contributed by atoms with Crippen molar-refractivity contribution in [3.8, 4) is 34.5 Å². The Hall–Kier alpha value is -2.76. The number of hydrogen-bond acceptors (Lipinski definition) is 6. The van der Waals surface area contributed by atoms with Crippen molar-refractivity contribution in [2.24, 2.45) is 0 Å². The summed E-state index contributed by atoms with van der Waals surface area (Å²) in [6, 6.07) is 2.50. The fraction of sp³-hybridized carbons (Fsp3) is 0.200. The highest BCUT2D eigenvalue weighted by Crippen LogP contribution is 2.42. The van der Waals surface area contributed by atoms with E-state index in [2.05, 4.69) is 0 Å². The van der Waals surface area contributed by atoms with Crippen LogP contribution in [0.15, 0.2) is 12.1 Å². The van der Waals surface area contributed by atoms with Gasteiger partial charge in [-0.25, -0.2) is 0 Å². The molecule has 0 atom stereocenters. The first-order valence-corrected chi connectivity index (χ1v) is 6.20. The van der Waals surface area contributed by atoms with E-state index in [0.29, 0.717) is 0 Å². The predicted octanol–water partition coefficient (Wildman–Crippen LogP) is 2.13. The van der Waals surface area contributed by atoms with E-state index in [0.717, 1.165) is 0 Å². The van der Waals surface area contributed by atoms with Crippen molar-refractivity contribution in [1.29, 1.82) is 0 Å². The normalized spacial score (nSPS) is 10.8. The Morgan fingerprint density at radius 3 is 1.29 bits per heavy atom. The lowest BCUT2D eigenvalue weighted by atomic mass is 9.98. The third kappa shape index (κ3) is 2.35. The van der Waals surface area contributed by atoms with Crippen LogP contribution < -0.4 is 0 Å². The Balaban J connectivity index is 2.54. The van der Waals surface area contributed by atoms with Crippen LogP contribution in [0.3, 0.4) is 0 Å². The molecular formula is C15H16O6. The zero-order chi connectivity index (χ0) is 15.9. The summed E-state index contributed by atoms with van der Waals surface area (Å²) in [5, 5.41) is 58.5. The molecule has 2 rings (SSSR count). The summed E-state index contributed by atoms with van der Waals surface area (Å²) < 4.78 is 0. The van der Waals surface area contributed by atoms with Gasteiger partial charge in [0.1, 0.15) is 11.5 Å². The van der Waals surface area contributed by atoms with Gasteiger partial charge in [0, 0.05) is 28.7 Å².